The normalized spacial score (nSPS) is 19.6. The number of nitro benzene ring substituents is 1. The molecule has 1 heterocycles. The highest BCUT2D eigenvalue weighted by atomic mass is 32.2. The summed E-state index contributed by atoms with van der Waals surface area (Å²) in [5.74, 6) is 0.332. The van der Waals surface area contributed by atoms with Gasteiger partial charge < -0.3 is 10.5 Å². The monoisotopic (exact) mass is 315 g/mol. The molecule has 1 aromatic carbocycles. The average Bonchev–Trinajstić information content (AvgIpc) is 2.96. The van der Waals surface area contributed by atoms with Gasteiger partial charge in [-0.05, 0) is 31.0 Å². The molecule has 2 rings (SSSR count). The number of nitro groups is 1. The van der Waals surface area contributed by atoms with E-state index in [0.29, 0.717) is 26.1 Å². The molecule has 1 aromatic rings. The molecule has 0 aromatic heterocycles. The quantitative estimate of drug-likeness (QED) is 0.627. The Balaban J connectivity index is 2.43. The van der Waals surface area contributed by atoms with Gasteiger partial charge in [-0.1, -0.05) is 0 Å². The summed E-state index contributed by atoms with van der Waals surface area (Å²) >= 11 is 0. The lowest BCUT2D eigenvalue weighted by Crippen LogP contribution is -2.30. The molecule has 0 aliphatic carbocycles. The van der Waals surface area contributed by atoms with Crippen LogP contribution in [0.4, 0.5) is 5.69 Å². The summed E-state index contributed by atoms with van der Waals surface area (Å²) in [6, 6.07) is 3.72. The SMILES string of the molecule is COc1ccc(S(=O)(=O)N2CCC(CN)C2)c([N+](=O)[O-])c1. The van der Waals surface area contributed by atoms with E-state index in [4.69, 9.17) is 10.5 Å². The third-order valence-electron chi connectivity index (χ3n) is 3.56. The maximum atomic E-state index is 12.6. The Hall–Kier alpha value is -1.71. The zero-order valence-electron chi connectivity index (χ0n) is 11.6. The number of benzene rings is 1. The maximum absolute atomic E-state index is 12.6. The molecule has 0 saturated carbocycles. The van der Waals surface area contributed by atoms with Crippen molar-refractivity contribution in [3.8, 4) is 5.75 Å². The van der Waals surface area contributed by atoms with Gasteiger partial charge in [0.25, 0.3) is 5.69 Å². The number of nitrogens with two attached hydrogens (primary N) is 1. The van der Waals surface area contributed by atoms with E-state index in [0.717, 1.165) is 6.07 Å². The number of hydrogen-bond acceptors (Lipinski definition) is 6. The molecule has 1 unspecified atom stereocenters. The summed E-state index contributed by atoms with van der Waals surface area (Å²) in [4.78, 5) is 10.1. The van der Waals surface area contributed by atoms with Crippen molar-refractivity contribution >= 4 is 15.7 Å². The van der Waals surface area contributed by atoms with Crippen LogP contribution in [0, 0.1) is 16.0 Å². The van der Waals surface area contributed by atoms with Crippen LogP contribution < -0.4 is 10.5 Å². The van der Waals surface area contributed by atoms with Crippen molar-refractivity contribution < 1.29 is 18.1 Å². The second-order valence-electron chi connectivity index (χ2n) is 4.84. The molecule has 0 bridgehead atoms. The summed E-state index contributed by atoms with van der Waals surface area (Å²) in [5.41, 5.74) is 5.07. The van der Waals surface area contributed by atoms with Gasteiger partial charge in [-0.15, -0.1) is 0 Å². The molecule has 2 N–H and O–H groups in total. The van der Waals surface area contributed by atoms with E-state index in [-0.39, 0.29) is 16.6 Å². The van der Waals surface area contributed by atoms with E-state index in [2.05, 4.69) is 0 Å². The first kappa shape index (κ1) is 15.7. The zero-order chi connectivity index (χ0) is 15.6. The molecule has 0 spiro atoms. The minimum Gasteiger partial charge on any atom is -0.497 e. The van der Waals surface area contributed by atoms with Crippen molar-refractivity contribution in [3.05, 3.63) is 28.3 Å². The third kappa shape index (κ3) is 2.99. The number of ether oxygens (including phenoxy) is 1. The fraction of sp³-hybridized carbons (Fsp3) is 0.500. The van der Waals surface area contributed by atoms with Crippen LogP contribution in [-0.4, -0.2) is 44.4 Å². The number of sulfonamides is 1. The van der Waals surface area contributed by atoms with Gasteiger partial charge in [0.1, 0.15) is 5.75 Å². The van der Waals surface area contributed by atoms with Gasteiger partial charge in [0.15, 0.2) is 4.90 Å². The maximum Gasteiger partial charge on any atom is 0.293 e. The molecule has 1 saturated heterocycles. The van der Waals surface area contributed by atoms with Crippen molar-refractivity contribution in [2.45, 2.75) is 11.3 Å². The molecule has 21 heavy (non-hydrogen) atoms. The van der Waals surface area contributed by atoms with Gasteiger partial charge in [-0.2, -0.15) is 4.31 Å². The highest BCUT2D eigenvalue weighted by Gasteiger charge is 2.36. The molecule has 1 aliphatic heterocycles. The van der Waals surface area contributed by atoms with Crippen LogP contribution in [-0.2, 0) is 10.0 Å². The number of rotatable bonds is 5. The van der Waals surface area contributed by atoms with Crippen LogP contribution in [0.1, 0.15) is 6.42 Å². The first-order chi connectivity index (χ1) is 9.90. The van der Waals surface area contributed by atoms with Crippen LogP contribution in [0.5, 0.6) is 5.75 Å². The minimum atomic E-state index is -3.90. The van der Waals surface area contributed by atoms with E-state index >= 15 is 0 Å². The molecule has 1 aliphatic rings. The second-order valence-corrected chi connectivity index (χ2v) is 6.75. The summed E-state index contributed by atoms with van der Waals surface area (Å²) in [6.45, 7) is 1.02. The highest BCUT2D eigenvalue weighted by Crippen LogP contribution is 2.32. The van der Waals surface area contributed by atoms with Gasteiger partial charge in [-0.3, -0.25) is 10.1 Å². The molecule has 8 nitrogen and oxygen atoms in total. The molecule has 0 amide bonds. The molecule has 116 valence electrons. The Morgan fingerprint density at radius 1 is 1.52 bits per heavy atom. The van der Waals surface area contributed by atoms with E-state index in [1.165, 1.54) is 23.5 Å². The molecule has 1 fully saturated rings. The molecular formula is C12H17N3O5S. The van der Waals surface area contributed by atoms with Crippen molar-refractivity contribution in [1.82, 2.24) is 4.31 Å². The van der Waals surface area contributed by atoms with E-state index in [9.17, 15) is 18.5 Å². The van der Waals surface area contributed by atoms with Crippen LogP contribution >= 0.6 is 0 Å². The second kappa shape index (κ2) is 5.96. The Morgan fingerprint density at radius 3 is 2.76 bits per heavy atom. The Labute approximate surface area is 122 Å². The third-order valence-corrected chi connectivity index (χ3v) is 5.48. The van der Waals surface area contributed by atoms with Crippen molar-refractivity contribution in [2.24, 2.45) is 11.7 Å². The van der Waals surface area contributed by atoms with E-state index in [1.54, 1.807) is 0 Å². The molecular weight excluding hydrogens is 298 g/mol. The van der Waals surface area contributed by atoms with Crippen LogP contribution in [0.25, 0.3) is 0 Å². The van der Waals surface area contributed by atoms with Gasteiger partial charge in [0.2, 0.25) is 10.0 Å². The number of methoxy groups -OCH3 is 1. The van der Waals surface area contributed by atoms with Crippen LogP contribution in [0.3, 0.4) is 0 Å². The van der Waals surface area contributed by atoms with Gasteiger partial charge in [0, 0.05) is 13.1 Å². The van der Waals surface area contributed by atoms with Gasteiger partial charge in [-0.25, -0.2) is 8.42 Å². The molecule has 9 heteroatoms. The highest BCUT2D eigenvalue weighted by molar-refractivity contribution is 7.89. The lowest BCUT2D eigenvalue weighted by atomic mass is 10.1. The zero-order valence-corrected chi connectivity index (χ0v) is 12.4. The topological polar surface area (TPSA) is 116 Å². The van der Waals surface area contributed by atoms with E-state index in [1.807, 2.05) is 0 Å². The predicted octanol–water partition coefficient (Wildman–Crippen LogP) is 0.573. The van der Waals surface area contributed by atoms with Crippen LogP contribution in [0.15, 0.2) is 23.1 Å². The minimum absolute atomic E-state index is 0.0945. The van der Waals surface area contributed by atoms with Gasteiger partial charge >= 0.3 is 0 Å². The Bertz CT molecular complexity index is 646. The largest absolute Gasteiger partial charge is 0.497 e. The summed E-state index contributed by atoms with van der Waals surface area (Å²) < 4.78 is 31.3. The summed E-state index contributed by atoms with van der Waals surface area (Å²) in [7, 11) is -2.54. The summed E-state index contributed by atoms with van der Waals surface area (Å²) in [5, 5.41) is 11.1. The van der Waals surface area contributed by atoms with Gasteiger partial charge in [0.05, 0.1) is 18.1 Å². The lowest BCUT2D eigenvalue weighted by molar-refractivity contribution is -0.387. The Morgan fingerprint density at radius 2 is 2.24 bits per heavy atom. The van der Waals surface area contributed by atoms with Crippen molar-refractivity contribution in [2.75, 3.05) is 26.7 Å². The standard InChI is InChI=1S/C12H17N3O5S/c1-20-10-2-3-12(11(6-10)15(16)17)21(18,19)14-5-4-9(7-13)8-14/h2-3,6,9H,4-5,7-8,13H2,1H3. The average molecular weight is 315 g/mol. The fourth-order valence-corrected chi connectivity index (χ4v) is 4.00. The van der Waals surface area contributed by atoms with Crippen LogP contribution in [0.2, 0.25) is 0 Å². The summed E-state index contributed by atoms with van der Waals surface area (Å²) in [6.07, 6.45) is 0.666. The molecule has 0 radical (unpaired) electrons. The predicted molar refractivity (Wildman–Crippen MR) is 75.6 cm³/mol. The Kier molecular flexibility index (Phi) is 4.45. The fourth-order valence-electron chi connectivity index (χ4n) is 2.33. The lowest BCUT2D eigenvalue weighted by Gasteiger charge is -2.16. The van der Waals surface area contributed by atoms with E-state index < -0.39 is 20.6 Å². The first-order valence-corrected chi connectivity index (χ1v) is 7.86. The number of nitrogens with zero attached hydrogens (tertiary/aromatic N) is 2. The molecule has 1 atom stereocenters. The first-order valence-electron chi connectivity index (χ1n) is 6.42. The van der Waals surface area contributed by atoms with Crippen molar-refractivity contribution in [1.29, 1.82) is 0 Å². The smallest absolute Gasteiger partial charge is 0.293 e. The van der Waals surface area contributed by atoms with Crippen molar-refractivity contribution in [3.63, 3.8) is 0 Å². The number of hydrogen-bond donors (Lipinski definition) is 1.